The maximum Gasteiger partial charge on any atom is 0.239 e. The summed E-state index contributed by atoms with van der Waals surface area (Å²) in [5.41, 5.74) is 2.39. The topological polar surface area (TPSA) is 75.9 Å². The predicted molar refractivity (Wildman–Crippen MR) is 65.3 cm³/mol. The first-order valence-electron chi connectivity index (χ1n) is 5.52. The van der Waals surface area contributed by atoms with Crippen LogP contribution in [0.2, 0.25) is 5.02 Å². The lowest BCUT2D eigenvalue weighted by atomic mass is 10.2. The van der Waals surface area contributed by atoms with Crippen molar-refractivity contribution in [2.45, 2.75) is 25.7 Å². The smallest absolute Gasteiger partial charge is 0.239 e. The highest BCUT2D eigenvalue weighted by Gasteiger charge is 2.20. The van der Waals surface area contributed by atoms with E-state index < -0.39 is 0 Å². The van der Waals surface area contributed by atoms with Gasteiger partial charge in [-0.05, 0) is 18.8 Å². The predicted octanol–water partition coefficient (Wildman–Crippen LogP) is 2.02. The zero-order valence-corrected chi connectivity index (χ0v) is 9.80. The molecule has 0 spiro atoms. The molecule has 1 saturated carbocycles. The average molecular weight is 242 g/mol. The number of hydrogen-bond donors (Lipinski definition) is 3. The van der Waals surface area contributed by atoms with E-state index in [1.54, 1.807) is 0 Å². The van der Waals surface area contributed by atoms with Crippen molar-refractivity contribution in [3.05, 3.63) is 11.2 Å². The van der Waals surface area contributed by atoms with Crippen LogP contribution >= 0.6 is 11.6 Å². The highest BCUT2D eigenvalue weighted by Crippen LogP contribution is 2.33. The van der Waals surface area contributed by atoms with Gasteiger partial charge in [0.05, 0.1) is 6.20 Å². The molecule has 1 aromatic rings. The number of hydrogen-bond acceptors (Lipinski definition) is 5. The van der Waals surface area contributed by atoms with Crippen molar-refractivity contribution in [2.24, 2.45) is 11.8 Å². The maximum absolute atomic E-state index is 5.95. The van der Waals surface area contributed by atoms with Crippen LogP contribution in [-0.4, -0.2) is 16.5 Å². The van der Waals surface area contributed by atoms with Crippen molar-refractivity contribution in [3.63, 3.8) is 0 Å². The van der Waals surface area contributed by atoms with E-state index in [4.69, 9.17) is 17.4 Å². The summed E-state index contributed by atoms with van der Waals surface area (Å²) in [7, 11) is 0. The standard InChI is InChI=1S/C10H16ClN5/c11-8-6-14-10(16-12)15-9(8)13-5-1-2-7-3-4-7/h6-7H,1-5,12H2,(H2,13,14,15,16). The first-order chi connectivity index (χ1) is 7.79. The highest BCUT2D eigenvalue weighted by molar-refractivity contribution is 6.32. The molecule has 0 saturated heterocycles. The van der Waals surface area contributed by atoms with Crippen LogP contribution < -0.4 is 16.6 Å². The SMILES string of the molecule is NNc1ncc(Cl)c(NCCCC2CC2)n1. The summed E-state index contributed by atoms with van der Waals surface area (Å²) in [6.07, 6.45) is 6.77. The molecule has 2 rings (SSSR count). The molecule has 0 radical (unpaired) electrons. The van der Waals surface area contributed by atoms with Crippen LogP contribution in [0.3, 0.4) is 0 Å². The van der Waals surface area contributed by atoms with Gasteiger partial charge in [0.2, 0.25) is 5.95 Å². The molecule has 1 aliphatic carbocycles. The molecule has 0 aliphatic heterocycles. The van der Waals surface area contributed by atoms with E-state index in [1.807, 2.05) is 0 Å². The first-order valence-corrected chi connectivity index (χ1v) is 5.90. The largest absolute Gasteiger partial charge is 0.369 e. The van der Waals surface area contributed by atoms with Crippen LogP contribution in [0.5, 0.6) is 0 Å². The Balaban J connectivity index is 1.81. The van der Waals surface area contributed by atoms with Gasteiger partial charge in [-0.1, -0.05) is 24.4 Å². The van der Waals surface area contributed by atoms with Gasteiger partial charge < -0.3 is 5.32 Å². The number of nitrogens with two attached hydrogens (primary N) is 1. The summed E-state index contributed by atoms with van der Waals surface area (Å²) in [4.78, 5) is 8.04. The minimum absolute atomic E-state index is 0.370. The van der Waals surface area contributed by atoms with E-state index in [-0.39, 0.29) is 0 Å². The van der Waals surface area contributed by atoms with Gasteiger partial charge in [0.25, 0.3) is 0 Å². The number of hydrazine groups is 1. The number of aromatic nitrogens is 2. The lowest BCUT2D eigenvalue weighted by Gasteiger charge is -2.08. The van der Waals surface area contributed by atoms with Crippen molar-refractivity contribution in [1.29, 1.82) is 0 Å². The second-order valence-corrected chi connectivity index (χ2v) is 4.45. The van der Waals surface area contributed by atoms with Gasteiger partial charge in [-0.2, -0.15) is 4.98 Å². The third kappa shape index (κ3) is 3.21. The number of anilines is 2. The van der Waals surface area contributed by atoms with Crippen LogP contribution in [0.1, 0.15) is 25.7 Å². The molecule has 0 bridgehead atoms. The summed E-state index contributed by atoms with van der Waals surface area (Å²) in [6, 6.07) is 0. The molecule has 0 atom stereocenters. The Hall–Kier alpha value is -1.07. The Morgan fingerprint density at radius 2 is 2.31 bits per heavy atom. The Kier molecular flexibility index (Phi) is 3.79. The summed E-state index contributed by atoms with van der Waals surface area (Å²) in [6.45, 7) is 0.886. The number of nitrogen functional groups attached to an aromatic ring is 1. The molecule has 1 fully saturated rings. The zero-order valence-electron chi connectivity index (χ0n) is 9.04. The Morgan fingerprint density at radius 1 is 1.50 bits per heavy atom. The summed E-state index contributed by atoms with van der Waals surface area (Å²) >= 11 is 5.95. The molecule has 1 aliphatic rings. The van der Waals surface area contributed by atoms with E-state index in [0.29, 0.717) is 16.8 Å². The van der Waals surface area contributed by atoms with E-state index >= 15 is 0 Å². The minimum Gasteiger partial charge on any atom is -0.369 e. The number of halogens is 1. The van der Waals surface area contributed by atoms with Crippen molar-refractivity contribution in [2.75, 3.05) is 17.3 Å². The van der Waals surface area contributed by atoms with Crippen LogP contribution in [0.25, 0.3) is 0 Å². The molecule has 6 heteroatoms. The van der Waals surface area contributed by atoms with Gasteiger partial charge in [-0.3, -0.25) is 5.43 Å². The summed E-state index contributed by atoms with van der Waals surface area (Å²) in [5, 5.41) is 3.71. The molecular formula is C10H16ClN5. The van der Waals surface area contributed by atoms with E-state index in [2.05, 4.69) is 20.7 Å². The van der Waals surface area contributed by atoms with Gasteiger partial charge in [-0.25, -0.2) is 10.8 Å². The molecular weight excluding hydrogens is 226 g/mol. The molecule has 0 aromatic carbocycles. The second-order valence-electron chi connectivity index (χ2n) is 4.05. The van der Waals surface area contributed by atoms with Gasteiger partial charge in [0.15, 0.2) is 5.82 Å². The van der Waals surface area contributed by atoms with Crippen molar-refractivity contribution >= 4 is 23.4 Å². The molecule has 88 valence electrons. The number of nitrogens with zero attached hydrogens (tertiary/aromatic N) is 2. The number of rotatable bonds is 6. The van der Waals surface area contributed by atoms with E-state index in [1.165, 1.54) is 25.5 Å². The lowest BCUT2D eigenvalue weighted by molar-refractivity contribution is 0.686. The quantitative estimate of drug-likeness (QED) is 0.404. The van der Waals surface area contributed by atoms with Crippen LogP contribution in [0.4, 0.5) is 11.8 Å². The third-order valence-electron chi connectivity index (χ3n) is 2.65. The average Bonchev–Trinajstić information content (AvgIpc) is 3.10. The normalized spacial score (nSPS) is 14.9. The lowest BCUT2D eigenvalue weighted by Crippen LogP contribution is -2.12. The van der Waals surface area contributed by atoms with Crippen molar-refractivity contribution < 1.29 is 0 Å². The van der Waals surface area contributed by atoms with Crippen LogP contribution in [-0.2, 0) is 0 Å². The molecule has 5 nitrogen and oxygen atoms in total. The van der Waals surface area contributed by atoms with Crippen molar-refractivity contribution in [1.82, 2.24) is 9.97 Å². The van der Waals surface area contributed by atoms with Crippen LogP contribution in [0.15, 0.2) is 6.20 Å². The molecule has 0 amide bonds. The molecule has 16 heavy (non-hydrogen) atoms. The Labute approximate surface area is 99.8 Å². The van der Waals surface area contributed by atoms with Gasteiger partial charge in [0.1, 0.15) is 5.02 Å². The molecule has 1 heterocycles. The van der Waals surface area contributed by atoms with E-state index in [0.717, 1.165) is 18.9 Å². The van der Waals surface area contributed by atoms with Gasteiger partial charge >= 0.3 is 0 Å². The summed E-state index contributed by atoms with van der Waals surface area (Å²) in [5.74, 6) is 7.20. The number of nitrogens with one attached hydrogen (secondary N) is 2. The molecule has 4 N–H and O–H groups in total. The molecule has 0 unspecified atom stereocenters. The fourth-order valence-electron chi connectivity index (χ4n) is 1.56. The van der Waals surface area contributed by atoms with Gasteiger partial charge in [-0.15, -0.1) is 0 Å². The Bertz CT molecular complexity index is 353. The maximum atomic E-state index is 5.95. The van der Waals surface area contributed by atoms with E-state index in [9.17, 15) is 0 Å². The highest BCUT2D eigenvalue weighted by atomic mass is 35.5. The second kappa shape index (κ2) is 5.32. The fraction of sp³-hybridized carbons (Fsp3) is 0.600. The van der Waals surface area contributed by atoms with Crippen molar-refractivity contribution in [3.8, 4) is 0 Å². The molecule has 1 aromatic heterocycles. The Morgan fingerprint density at radius 3 is 3.00 bits per heavy atom. The zero-order chi connectivity index (χ0) is 11.4. The van der Waals surface area contributed by atoms with Crippen LogP contribution in [0, 0.1) is 5.92 Å². The monoisotopic (exact) mass is 241 g/mol. The van der Waals surface area contributed by atoms with Gasteiger partial charge in [0, 0.05) is 6.54 Å². The summed E-state index contributed by atoms with van der Waals surface area (Å²) < 4.78 is 0. The first kappa shape index (κ1) is 11.4. The third-order valence-corrected chi connectivity index (χ3v) is 2.93. The minimum atomic E-state index is 0.370. The fourth-order valence-corrected chi connectivity index (χ4v) is 1.72.